The summed E-state index contributed by atoms with van der Waals surface area (Å²) >= 11 is 3.00. The summed E-state index contributed by atoms with van der Waals surface area (Å²) in [5.74, 6) is -0.439. The number of hydrogen-bond acceptors (Lipinski definition) is 8. The summed E-state index contributed by atoms with van der Waals surface area (Å²) in [5, 5.41) is 24.8. The molecule has 1 aromatic heterocycles. The Bertz CT molecular complexity index is 1250. The zero-order chi connectivity index (χ0) is 29.4. The van der Waals surface area contributed by atoms with E-state index in [4.69, 9.17) is 4.74 Å². The predicted molar refractivity (Wildman–Crippen MR) is 159 cm³/mol. The molecule has 2 bridgehead atoms. The highest BCUT2D eigenvalue weighted by atomic mass is 32.2. The van der Waals surface area contributed by atoms with Crippen molar-refractivity contribution in [3.8, 4) is 5.75 Å². The molecular formula is C31H40N2O6S2. The molecule has 0 radical (unpaired) electrons. The molecule has 10 heteroatoms. The van der Waals surface area contributed by atoms with E-state index in [9.17, 15) is 24.6 Å². The van der Waals surface area contributed by atoms with E-state index >= 15 is 0 Å². The Balaban J connectivity index is 1.26. The van der Waals surface area contributed by atoms with E-state index in [1.165, 1.54) is 23.9 Å². The molecule has 0 spiro atoms. The zero-order valence-corrected chi connectivity index (χ0v) is 25.5. The van der Waals surface area contributed by atoms with E-state index in [0.29, 0.717) is 30.9 Å². The number of phenols is 1. The number of aliphatic hydroxyl groups is 1. The summed E-state index contributed by atoms with van der Waals surface area (Å²) in [5.41, 5.74) is 0.724. The number of nitrogens with zero attached hydrogens (tertiary/aromatic N) is 1. The molecule has 3 fully saturated rings. The van der Waals surface area contributed by atoms with Gasteiger partial charge in [-0.25, -0.2) is 4.79 Å². The predicted octanol–water partition coefficient (Wildman–Crippen LogP) is 4.38. The van der Waals surface area contributed by atoms with Gasteiger partial charge < -0.3 is 25.2 Å². The summed E-state index contributed by atoms with van der Waals surface area (Å²) < 4.78 is 7.17. The highest BCUT2D eigenvalue weighted by Gasteiger charge is 2.63. The number of likely N-dealkylation sites (tertiary alicyclic amines) is 1. The Labute approximate surface area is 249 Å². The Morgan fingerprint density at radius 1 is 1.17 bits per heavy atom. The molecule has 222 valence electrons. The second-order valence-electron chi connectivity index (χ2n) is 12.4. The Morgan fingerprint density at radius 3 is 2.56 bits per heavy atom. The van der Waals surface area contributed by atoms with Gasteiger partial charge in [0.1, 0.15) is 30.0 Å². The second kappa shape index (κ2) is 12.0. The number of fused-ring (bicyclic) bond motifs is 2. The quantitative estimate of drug-likeness (QED) is 0.274. The van der Waals surface area contributed by atoms with Crippen LogP contribution in [-0.2, 0) is 25.5 Å². The number of benzene rings is 1. The first-order valence-electron chi connectivity index (χ1n) is 14.4. The van der Waals surface area contributed by atoms with Gasteiger partial charge in [0.2, 0.25) is 11.8 Å². The summed E-state index contributed by atoms with van der Waals surface area (Å²) in [4.78, 5) is 42.0. The Kier molecular flexibility index (Phi) is 8.74. The lowest BCUT2D eigenvalue weighted by Crippen LogP contribution is -2.55. The number of carbonyl (C=O) groups excluding carboxylic acids is 3. The first kappa shape index (κ1) is 29.9. The number of thiophene rings is 1. The van der Waals surface area contributed by atoms with Crippen molar-refractivity contribution < 1.29 is 29.3 Å². The van der Waals surface area contributed by atoms with Gasteiger partial charge >= 0.3 is 5.97 Å². The van der Waals surface area contributed by atoms with Crippen molar-refractivity contribution in [2.45, 2.75) is 87.8 Å². The highest BCUT2D eigenvalue weighted by Crippen LogP contribution is 2.66. The lowest BCUT2D eigenvalue weighted by molar-refractivity contribution is -0.165. The molecule has 2 saturated carbocycles. The van der Waals surface area contributed by atoms with Gasteiger partial charge in [0.15, 0.2) is 0 Å². The van der Waals surface area contributed by atoms with E-state index in [1.54, 1.807) is 28.4 Å². The molecule has 5 rings (SSSR count). The fourth-order valence-corrected chi connectivity index (χ4v) is 8.73. The van der Waals surface area contributed by atoms with E-state index in [0.717, 1.165) is 23.5 Å². The lowest BCUT2D eigenvalue weighted by atomic mass is 9.70. The maximum absolute atomic E-state index is 13.9. The minimum absolute atomic E-state index is 0.0429. The second-order valence-corrected chi connectivity index (χ2v) is 14.7. The smallest absolute Gasteiger partial charge is 0.329 e. The largest absolute Gasteiger partial charge is 0.508 e. The fraction of sp³-hybridized carbons (Fsp3) is 0.581. The SMILES string of the molecule is CC1(C)C2CCC1(C)C(OC(=O)C1CCCN1C(=O)C(CSc1cccs1)NC(=O)C(O)Cc1ccc(O)cc1)C2. The monoisotopic (exact) mass is 600 g/mol. The van der Waals surface area contributed by atoms with Crippen LogP contribution in [0.4, 0.5) is 0 Å². The van der Waals surface area contributed by atoms with Crippen LogP contribution in [0.15, 0.2) is 46.0 Å². The van der Waals surface area contributed by atoms with Crippen LogP contribution in [-0.4, -0.2) is 69.5 Å². The van der Waals surface area contributed by atoms with Crippen LogP contribution >= 0.6 is 23.1 Å². The number of carbonyl (C=O) groups is 3. The maximum atomic E-state index is 13.9. The third-order valence-electron chi connectivity index (χ3n) is 9.95. The standard InChI is InChI=1S/C31H40N2O6S2/c1-30(2)20-12-13-31(30,3)25(17-20)39-29(38)23-6-4-14-33(23)28(37)22(18-41-26-7-5-15-40-26)32-27(36)24(35)16-19-8-10-21(34)11-9-19/h5,7-11,15,20,22-25,34-35H,4,6,12-14,16-18H2,1-3H3,(H,32,36). The molecule has 2 aliphatic carbocycles. The number of aliphatic hydroxyl groups excluding tert-OH is 1. The number of rotatable bonds is 10. The van der Waals surface area contributed by atoms with Crippen molar-refractivity contribution in [2.75, 3.05) is 12.3 Å². The van der Waals surface area contributed by atoms with Gasteiger partial charge in [-0.15, -0.1) is 23.1 Å². The van der Waals surface area contributed by atoms with Gasteiger partial charge in [-0.05, 0) is 72.6 Å². The van der Waals surface area contributed by atoms with Crippen molar-refractivity contribution in [1.82, 2.24) is 10.2 Å². The van der Waals surface area contributed by atoms with Crippen molar-refractivity contribution in [3.63, 3.8) is 0 Å². The molecule has 2 heterocycles. The van der Waals surface area contributed by atoms with Crippen LogP contribution in [0.3, 0.4) is 0 Å². The number of phenolic OH excluding ortho intramolecular Hbond substituents is 1. The summed E-state index contributed by atoms with van der Waals surface area (Å²) in [7, 11) is 0. The molecule has 3 N–H and O–H groups in total. The first-order valence-corrected chi connectivity index (χ1v) is 16.3. The van der Waals surface area contributed by atoms with E-state index in [1.807, 2.05) is 17.5 Å². The van der Waals surface area contributed by atoms with Gasteiger partial charge in [0.25, 0.3) is 0 Å². The number of amides is 2. The summed E-state index contributed by atoms with van der Waals surface area (Å²) in [6.45, 7) is 7.20. The molecule has 6 unspecified atom stereocenters. The molecule has 2 aromatic rings. The number of ether oxygens (including phenoxy) is 1. The molecule has 2 amide bonds. The average molecular weight is 601 g/mol. The minimum Gasteiger partial charge on any atom is -0.508 e. The Morgan fingerprint density at radius 2 is 1.93 bits per heavy atom. The third-order valence-corrected chi connectivity index (χ3v) is 12.2. The van der Waals surface area contributed by atoms with Gasteiger partial charge in [-0.2, -0.15) is 0 Å². The molecular weight excluding hydrogens is 560 g/mol. The van der Waals surface area contributed by atoms with Gasteiger partial charge in [0.05, 0.1) is 4.21 Å². The third kappa shape index (κ3) is 6.01. The summed E-state index contributed by atoms with van der Waals surface area (Å²) in [6, 6.07) is 8.54. The molecule has 6 atom stereocenters. The van der Waals surface area contributed by atoms with Gasteiger partial charge in [-0.3, -0.25) is 9.59 Å². The normalized spacial score (nSPS) is 27.9. The zero-order valence-electron chi connectivity index (χ0n) is 23.9. The first-order chi connectivity index (χ1) is 19.5. The molecule has 8 nitrogen and oxygen atoms in total. The average Bonchev–Trinajstić information content (AvgIpc) is 3.71. The maximum Gasteiger partial charge on any atom is 0.329 e. The number of nitrogens with one attached hydrogen (secondary N) is 1. The molecule has 1 saturated heterocycles. The number of thioether (sulfide) groups is 1. The number of hydrogen-bond donors (Lipinski definition) is 3. The highest BCUT2D eigenvalue weighted by molar-refractivity contribution is 8.01. The van der Waals surface area contributed by atoms with Crippen molar-refractivity contribution in [3.05, 3.63) is 47.3 Å². The van der Waals surface area contributed by atoms with Crippen LogP contribution in [0.2, 0.25) is 0 Å². The van der Waals surface area contributed by atoms with Crippen LogP contribution in [0.5, 0.6) is 5.75 Å². The van der Waals surface area contributed by atoms with Crippen molar-refractivity contribution in [1.29, 1.82) is 0 Å². The van der Waals surface area contributed by atoms with E-state index in [2.05, 4.69) is 26.1 Å². The van der Waals surface area contributed by atoms with E-state index < -0.39 is 24.1 Å². The molecule has 41 heavy (non-hydrogen) atoms. The van der Waals surface area contributed by atoms with Gasteiger partial charge in [0, 0.05) is 24.1 Å². The van der Waals surface area contributed by atoms with Crippen molar-refractivity contribution >= 4 is 40.9 Å². The minimum atomic E-state index is -1.37. The van der Waals surface area contributed by atoms with Crippen molar-refractivity contribution in [2.24, 2.45) is 16.7 Å². The summed E-state index contributed by atoms with van der Waals surface area (Å²) in [6.07, 6.45) is 2.80. The molecule has 1 aromatic carbocycles. The van der Waals surface area contributed by atoms with Gasteiger partial charge in [-0.1, -0.05) is 39.0 Å². The molecule has 1 aliphatic heterocycles. The topological polar surface area (TPSA) is 116 Å². The lowest BCUT2D eigenvalue weighted by Gasteiger charge is -2.39. The van der Waals surface area contributed by atoms with Crippen LogP contribution in [0.1, 0.15) is 58.4 Å². The van der Waals surface area contributed by atoms with Crippen LogP contribution in [0, 0.1) is 16.7 Å². The molecule has 3 aliphatic rings. The Hall–Kier alpha value is -2.56. The number of aromatic hydroxyl groups is 1. The van der Waals surface area contributed by atoms with E-state index in [-0.39, 0.29) is 46.7 Å². The fourth-order valence-electron chi connectivity index (χ4n) is 6.90. The van der Waals surface area contributed by atoms with Crippen LogP contribution < -0.4 is 5.32 Å². The number of esters is 1. The van der Waals surface area contributed by atoms with Crippen LogP contribution in [0.25, 0.3) is 0 Å².